The van der Waals surface area contributed by atoms with E-state index in [2.05, 4.69) is 5.32 Å². The van der Waals surface area contributed by atoms with Crippen molar-refractivity contribution in [3.63, 3.8) is 0 Å². The molecule has 0 spiro atoms. The molecule has 0 aromatic rings. The number of carbonyl (C=O) groups excluding carboxylic acids is 1. The zero-order chi connectivity index (χ0) is 13.9. The number of carboxylic acid groups (broad SMARTS) is 1. The molecule has 0 radical (unpaired) electrons. The van der Waals surface area contributed by atoms with Crippen molar-refractivity contribution in [1.29, 1.82) is 0 Å². The van der Waals surface area contributed by atoms with Crippen LogP contribution >= 0.6 is 0 Å². The predicted octanol–water partition coefficient (Wildman–Crippen LogP) is 1.27. The highest BCUT2D eigenvalue weighted by molar-refractivity contribution is 5.88. The van der Waals surface area contributed by atoms with Crippen LogP contribution in [0.3, 0.4) is 0 Å². The average Bonchev–Trinajstić information content (AvgIpc) is 2.88. The van der Waals surface area contributed by atoms with E-state index in [-0.39, 0.29) is 11.8 Å². The van der Waals surface area contributed by atoms with Gasteiger partial charge in [0.05, 0.1) is 0 Å². The smallest absolute Gasteiger partial charge is 0.329 e. The Bertz CT molecular complexity index is 343. The van der Waals surface area contributed by atoms with Gasteiger partial charge >= 0.3 is 5.97 Å². The van der Waals surface area contributed by atoms with Gasteiger partial charge in [0.2, 0.25) is 5.91 Å². The third kappa shape index (κ3) is 3.08. The number of amides is 1. The summed E-state index contributed by atoms with van der Waals surface area (Å²) in [7, 11) is 0. The molecule has 108 valence electrons. The summed E-state index contributed by atoms with van der Waals surface area (Å²) in [5.41, 5.74) is 4.64. The van der Waals surface area contributed by atoms with Crippen LogP contribution in [-0.4, -0.2) is 29.1 Å². The van der Waals surface area contributed by atoms with E-state index in [1.54, 1.807) is 0 Å². The molecule has 0 aromatic carbocycles. The lowest BCUT2D eigenvalue weighted by atomic mass is 9.81. The maximum atomic E-state index is 12.3. The number of carboxylic acids is 1. The summed E-state index contributed by atoms with van der Waals surface area (Å²) >= 11 is 0. The Balaban J connectivity index is 1.92. The molecule has 2 rings (SSSR count). The highest BCUT2D eigenvalue weighted by Crippen LogP contribution is 2.32. The molecule has 0 aliphatic heterocycles. The van der Waals surface area contributed by atoms with Gasteiger partial charge in [-0.1, -0.05) is 12.8 Å². The minimum absolute atomic E-state index is 0.0281. The number of hydrogen-bond donors (Lipinski definition) is 3. The Hall–Kier alpha value is -1.10. The van der Waals surface area contributed by atoms with E-state index in [0.717, 1.165) is 38.5 Å². The second kappa shape index (κ2) is 5.90. The standard InChI is InChI=1S/C14H24N2O3/c15-9-10-3-5-11(6-4-10)12(17)16-14(13(18)19)7-1-2-8-14/h10-11H,1-9,15H2,(H,16,17)(H,18,19). The number of hydrogen-bond acceptors (Lipinski definition) is 3. The van der Waals surface area contributed by atoms with Crippen LogP contribution < -0.4 is 11.1 Å². The number of rotatable bonds is 4. The van der Waals surface area contributed by atoms with E-state index < -0.39 is 11.5 Å². The van der Waals surface area contributed by atoms with Gasteiger partial charge in [0.1, 0.15) is 5.54 Å². The molecule has 2 saturated carbocycles. The number of nitrogens with two attached hydrogens (primary N) is 1. The van der Waals surface area contributed by atoms with E-state index in [1.807, 2.05) is 0 Å². The van der Waals surface area contributed by atoms with Gasteiger partial charge in [0.15, 0.2) is 0 Å². The summed E-state index contributed by atoms with van der Waals surface area (Å²) in [5.74, 6) is -0.447. The summed E-state index contributed by atoms with van der Waals surface area (Å²) in [6, 6.07) is 0. The maximum absolute atomic E-state index is 12.3. The lowest BCUT2D eigenvalue weighted by Gasteiger charge is -2.31. The van der Waals surface area contributed by atoms with Gasteiger partial charge in [-0.25, -0.2) is 4.79 Å². The van der Waals surface area contributed by atoms with Gasteiger partial charge in [-0.3, -0.25) is 4.79 Å². The van der Waals surface area contributed by atoms with Gasteiger partial charge < -0.3 is 16.2 Å². The molecule has 0 atom stereocenters. The monoisotopic (exact) mass is 268 g/mol. The van der Waals surface area contributed by atoms with Crippen LogP contribution in [0.5, 0.6) is 0 Å². The third-order valence-electron chi connectivity index (χ3n) is 4.78. The zero-order valence-corrected chi connectivity index (χ0v) is 11.4. The molecule has 4 N–H and O–H groups in total. The molecule has 2 aliphatic carbocycles. The SMILES string of the molecule is NCC1CCC(C(=O)NC2(C(=O)O)CCCC2)CC1. The fourth-order valence-electron chi connectivity index (χ4n) is 3.37. The molecule has 0 aromatic heterocycles. The van der Waals surface area contributed by atoms with Crippen molar-refractivity contribution in [2.75, 3.05) is 6.54 Å². The predicted molar refractivity (Wildman–Crippen MR) is 71.5 cm³/mol. The first-order valence-corrected chi connectivity index (χ1v) is 7.33. The molecule has 0 unspecified atom stereocenters. The van der Waals surface area contributed by atoms with Gasteiger partial charge in [0, 0.05) is 5.92 Å². The Kier molecular flexibility index (Phi) is 4.45. The van der Waals surface area contributed by atoms with Crippen molar-refractivity contribution in [3.8, 4) is 0 Å². The molecule has 5 nitrogen and oxygen atoms in total. The second-order valence-electron chi connectivity index (χ2n) is 6.04. The van der Waals surface area contributed by atoms with E-state index in [1.165, 1.54) is 0 Å². The normalized spacial score (nSPS) is 29.9. The van der Waals surface area contributed by atoms with E-state index in [0.29, 0.717) is 25.3 Å². The summed E-state index contributed by atoms with van der Waals surface area (Å²) in [6.07, 6.45) is 6.52. The Morgan fingerprint density at radius 2 is 1.74 bits per heavy atom. The van der Waals surface area contributed by atoms with Gasteiger partial charge in [0.25, 0.3) is 0 Å². The first kappa shape index (κ1) is 14.3. The number of carbonyl (C=O) groups is 2. The van der Waals surface area contributed by atoms with Crippen molar-refractivity contribution in [2.45, 2.75) is 56.9 Å². The number of nitrogens with one attached hydrogen (secondary N) is 1. The summed E-state index contributed by atoms with van der Waals surface area (Å²) < 4.78 is 0. The molecule has 5 heteroatoms. The lowest BCUT2D eigenvalue weighted by molar-refractivity contribution is -0.148. The first-order chi connectivity index (χ1) is 9.07. The fraction of sp³-hybridized carbons (Fsp3) is 0.857. The topological polar surface area (TPSA) is 92.4 Å². The molecule has 2 aliphatic rings. The van der Waals surface area contributed by atoms with E-state index >= 15 is 0 Å². The van der Waals surface area contributed by atoms with Crippen LogP contribution in [0.25, 0.3) is 0 Å². The quantitative estimate of drug-likeness (QED) is 0.715. The van der Waals surface area contributed by atoms with Crippen LogP contribution in [0.1, 0.15) is 51.4 Å². The molecular formula is C14H24N2O3. The van der Waals surface area contributed by atoms with Crippen LogP contribution in [0, 0.1) is 11.8 Å². The minimum Gasteiger partial charge on any atom is -0.480 e. The van der Waals surface area contributed by atoms with Crippen molar-refractivity contribution in [3.05, 3.63) is 0 Å². The molecule has 0 bridgehead atoms. The molecule has 2 fully saturated rings. The lowest BCUT2D eigenvalue weighted by Crippen LogP contribution is -2.54. The second-order valence-corrected chi connectivity index (χ2v) is 6.04. The van der Waals surface area contributed by atoms with Crippen molar-refractivity contribution >= 4 is 11.9 Å². The Morgan fingerprint density at radius 1 is 1.16 bits per heavy atom. The Labute approximate surface area is 113 Å². The number of aliphatic carboxylic acids is 1. The van der Waals surface area contributed by atoms with Gasteiger partial charge in [-0.2, -0.15) is 0 Å². The van der Waals surface area contributed by atoms with Crippen molar-refractivity contribution in [2.24, 2.45) is 17.6 Å². The highest BCUT2D eigenvalue weighted by Gasteiger charge is 2.43. The molecule has 0 heterocycles. The largest absolute Gasteiger partial charge is 0.480 e. The molecular weight excluding hydrogens is 244 g/mol. The van der Waals surface area contributed by atoms with Crippen LogP contribution in [-0.2, 0) is 9.59 Å². The highest BCUT2D eigenvalue weighted by atomic mass is 16.4. The molecule has 1 amide bonds. The Morgan fingerprint density at radius 3 is 2.21 bits per heavy atom. The van der Waals surface area contributed by atoms with Gasteiger partial charge in [-0.05, 0) is 51.0 Å². The molecule has 19 heavy (non-hydrogen) atoms. The van der Waals surface area contributed by atoms with Crippen LogP contribution in [0.4, 0.5) is 0 Å². The summed E-state index contributed by atoms with van der Waals surface area (Å²) in [5, 5.41) is 12.2. The van der Waals surface area contributed by atoms with Crippen molar-refractivity contribution in [1.82, 2.24) is 5.32 Å². The van der Waals surface area contributed by atoms with E-state index in [4.69, 9.17) is 5.73 Å². The summed E-state index contributed by atoms with van der Waals surface area (Å²) in [6.45, 7) is 0.688. The van der Waals surface area contributed by atoms with Gasteiger partial charge in [-0.15, -0.1) is 0 Å². The van der Waals surface area contributed by atoms with Crippen LogP contribution in [0.2, 0.25) is 0 Å². The zero-order valence-electron chi connectivity index (χ0n) is 11.4. The van der Waals surface area contributed by atoms with Crippen LogP contribution in [0.15, 0.2) is 0 Å². The minimum atomic E-state index is -0.998. The average molecular weight is 268 g/mol. The first-order valence-electron chi connectivity index (χ1n) is 7.33. The maximum Gasteiger partial charge on any atom is 0.329 e. The molecule has 0 saturated heterocycles. The fourth-order valence-corrected chi connectivity index (χ4v) is 3.37. The third-order valence-corrected chi connectivity index (χ3v) is 4.78. The van der Waals surface area contributed by atoms with Crippen molar-refractivity contribution < 1.29 is 14.7 Å². The summed E-state index contributed by atoms with van der Waals surface area (Å²) in [4.78, 5) is 23.7. The van der Waals surface area contributed by atoms with E-state index in [9.17, 15) is 14.7 Å².